The van der Waals surface area contributed by atoms with E-state index in [0.29, 0.717) is 30.3 Å². The molecule has 0 saturated carbocycles. The molecule has 0 bridgehead atoms. The van der Waals surface area contributed by atoms with E-state index in [1.165, 1.54) is 0 Å². The highest BCUT2D eigenvalue weighted by Crippen LogP contribution is 2.29. The third-order valence-corrected chi connectivity index (χ3v) is 3.80. The SMILES string of the molecule is COc1ccc(C(=O)N2CCNC2)cc1OCc1ccccc1. The van der Waals surface area contributed by atoms with Crippen molar-refractivity contribution in [3.8, 4) is 11.5 Å². The highest BCUT2D eigenvalue weighted by Gasteiger charge is 2.20. The monoisotopic (exact) mass is 312 g/mol. The van der Waals surface area contributed by atoms with Crippen molar-refractivity contribution in [3.05, 3.63) is 59.7 Å². The van der Waals surface area contributed by atoms with Gasteiger partial charge in [0, 0.05) is 18.7 Å². The van der Waals surface area contributed by atoms with Crippen LogP contribution in [0.15, 0.2) is 48.5 Å². The average Bonchev–Trinajstić information content (AvgIpc) is 3.14. The second-order valence-corrected chi connectivity index (χ2v) is 5.37. The molecule has 3 rings (SSSR count). The lowest BCUT2D eigenvalue weighted by Crippen LogP contribution is -2.29. The Bertz CT molecular complexity index is 667. The first-order valence-electron chi connectivity index (χ1n) is 7.62. The van der Waals surface area contributed by atoms with Gasteiger partial charge in [0.15, 0.2) is 11.5 Å². The molecule has 0 spiro atoms. The van der Waals surface area contributed by atoms with E-state index >= 15 is 0 Å². The smallest absolute Gasteiger partial charge is 0.255 e. The van der Waals surface area contributed by atoms with E-state index in [2.05, 4.69) is 5.32 Å². The molecule has 5 heteroatoms. The number of hydrogen-bond acceptors (Lipinski definition) is 4. The summed E-state index contributed by atoms with van der Waals surface area (Å²) in [6.45, 7) is 2.58. The molecule has 2 aromatic rings. The van der Waals surface area contributed by atoms with Crippen LogP contribution in [0.25, 0.3) is 0 Å². The number of ether oxygens (including phenoxy) is 2. The molecule has 120 valence electrons. The molecule has 1 heterocycles. The van der Waals surface area contributed by atoms with Crippen LogP contribution in [0.3, 0.4) is 0 Å². The van der Waals surface area contributed by atoms with Gasteiger partial charge in [0.05, 0.1) is 13.8 Å². The summed E-state index contributed by atoms with van der Waals surface area (Å²) in [5.74, 6) is 1.20. The lowest BCUT2D eigenvalue weighted by molar-refractivity contribution is 0.0790. The van der Waals surface area contributed by atoms with Crippen molar-refractivity contribution in [2.24, 2.45) is 0 Å². The fourth-order valence-electron chi connectivity index (χ4n) is 2.52. The first-order chi connectivity index (χ1) is 11.3. The maximum absolute atomic E-state index is 12.5. The van der Waals surface area contributed by atoms with E-state index in [4.69, 9.17) is 9.47 Å². The Kier molecular flexibility index (Phi) is 4.78. The quantitative estimate of drug-likeness (QED) is 0.920. The summed E-state index contributed by atoms with van der Waals surface area (Å²) in [5, 5.41) is 3.16. The van der Waals surface area contributed by atoms with Gasteiger partial charge in [-0.2, -0.15) is 0 Å². The zero-order valence-electron chi connectivity index (χ0n) is 13.1. The first-order valence-corrected chi connectivity index (χ1v) is 7.62. The van der Waals surface area contributed by atoms with Crippen LogP contribution in [0, 0.1) is 0 Å². The lowest BCUT2D eigenvalue weighted by Gasteiger charge is -2.16. The number of benzene rings is 2. The summed E-state index contributed by atoms with van der Waals surface area (Å²) in [7, 11) is 1.59. The maximum atomic E-state index is 12.5. The fourth-order valence-corrected chi connectivity index (χ4v) is 2.52. The predicted octanol–water partition coefficient (Wildman–Crippen LogP) is 2.28. The van der Waals surface area contributed by atoms with Crippen LogP contribution in [0.1, 0.15) is 15.9 Å². The highest BCUT2D eigenvalue weighted by atomic mass is 16.5. The summed E-state index contributed by atoms with van der Waals surface area (Å²) in [6, 6.07) is 15.2. The standard InChI is InChI=1S/C18H20N2O3/c1-22-16-8-7-15(18(21)20-10-9-19-13-20)11-17(16)23-12-14-5-3-2-4-6-14/h2-8,11,19H,9-10,12-13H2,1H3. The van der Waals surface area contributed by atoms with E-state index < -0.39 is 0 Å². The van der Waals surface area contributed by atoms with Gasteiger partial charge < -0.3 is 14.4 Å². The Morgan fingerprint density at radius 2 is 2.00 bits per heavy atom. The molecule has 1 amide bonds. The average molecular weight is 312 g/mol. The lowest BCUT2D eigenvalue weighted by atomic mass is 10.1. The Morgan fingerprint density at radius 1 is 1.17 bits per heavy atom. The zero-order valence-corrected chi connectivity index (χ0v) is 13.1. The zero-order chi connectivity index (χ0) is 16.1. The van der Waals surface area contributed by atoms with Crippen molar-refractivity contribution >= 4 is 5.91 Å². The summed E-state index contributed by atoms with van der Waals surface area (Å²) >= 11 is 0. The van der Waals surface area contributed by atoms with Crippen LogP contribution in [0.5, 0.6) is 11.5 Å². The van der Waals surface area contributed by atoms with Gasteiger partial charge in [-0.15, -0.1) is 0 Å². The van der Waals surface area contributed by atoms with Gasteiger partial charge >= 0.3 is 0 Å². The number of hydrogen-bond donors (Lipinski definition) is 1. The topological polar surface area (TPSA) is 50.8 Å². The minimum absolute atomic E-state index is 0.00205. The molecule has 1 N–H and O–H groups in total. The van der Waals surface area contributed by atoms with Crippen LogP contribution in [0.2, 0.25) is 0 Å². The largest absolute Gasteiger partial charge is 0.493 e. The van der Waals surface area contributed by atoms with E-state index in [0.717, 1.165) is 18.7 Å². The van der Waals surface area contributed by atoms with E-state index in [1.807, 2.05) is 30.3 Å². The van der Waals surface area contributed by atoms with Crippen molar-refractivity contribution in [1.82, 2.24) is 10.2 Å². The van der Waals surface area contributed by atoms with Gasteiger partial charge in [-0.1, -0.05) is 30.3 Å². The van der Waals surface area contributed by atoms with Gasteiger partial charge in [0.2, 0.25) is 0 Å². The van der Waals surface area contributed by atoms with E-state index in [9.17, 15) is 4.79 Å². The summed E-state index contributed by atoms with van der Waals surface area (Å²) in [6.07, 6.45) is 0. The third-order valence-electron chi connectivity index (χ3n) is 3.80. The summed E-state index contributed by atoms with van der Waals surface area (Å²) in [5.41, 5.74) is 1.67. The molecule has 0 aliphatic carbocycles. The number of amides is 1. The van der Waals surface area contributed by atoms with Crippen LogP contribution < -0.4 is 14.8 Å². The minimum atomic E-state index is 0.00205. The van der Waals surface area contributed by atoms with Crippen molar-refractivity contribution < 1.29 is 14.3 Å². The molecule has 1 aliphatic heterocycles. The normalized spacial score (nSPS) is 13.9. The van der Waals surface area contributed by atoms with Crippen LogP contribution in [-0.2, 0) is 6.61 Å². The maximum Gasteiger partial charge on any atom is 0.255 e. The first kappa shape index (κ1) is 15.4. The number of nitrogens with one attached hydrogen (secondary N) is 1. The molecule has 0 aromatic heterocycles. The summed E-state index contributed by atoms with van der Waals surface area (Å²) < 4.78 is 11.2. The number of methoxy groups -OCH3 is 1. The van der Waals surface area contributed by atoms with Crippen molar-refractivity contribution in [3.63, 3.8) is 0 Å². The molecule has 0 atom stereocenters. The molecule has 0 radical (unpaired) electrons. The number of rotatable bonds is 5. The molecule has 1 aliphatic rings. The summed E-state index contributed by atoms with van der Waals surface area (Å²) in [4.78, 5) is 14.2. The van der Waals surface area contributed by atoms with Gasteiger partial charge in [-0.3, -0.25) is 10.1 Å². The van der Waals surface area contributed by atoms with Gasteiger partial charge in [0.25, 0.3) is 5.91 Å². The number of carbonyl (C=O) groups excluding carboxylic acids is 1. The van der Waals surface area contributed by atoms with Gasteiger partial charge in [-0.05, 0) is 23.8 Å². The van der Waals surface area contributed by atoms with Crippen molar-refractivity contribution in [1.29, 1.82) is 0 Å². The molecule has 5 nitrogen and oxygen atoms in total. The van der Waals surface area contributed by atoms with Crippen LogP contribution in [0.4, 0.5) is 0 Å². The Labute approximate surface area is 135 Å². The number of nitrogens with zero attached hydrogens (tertiary/aromatic N) is 1. The molecular formula is C18H20N2O3. The molecule has 2 aromatic carbocycles. The van der Waals surface area contributed by atoms with Crippen LogP contribution in [-0.4, -0.2) is 37.7 Å². The molecule has 1 fully saturated rings. The Hall–Kier alpha value is -2.53. The van der Waals surface area contributed by atoms with Crippen LogP contribution >= 0.6 is 0 Å². The van der Waals surface area contributed by atoms with E-state index in [-0.39, 0.29) is 5.91 Å². The molecule has 0 unspecified atom stereocenters. The third kappa shape index (κ3) is 3.63. The van der Waals surface area contributed by atoms with Gasteiger partial charge in [-0.25, -0.2) is 0 Å². The van der Waals surface area contributed by atoms with Gasteiger partial charge in [0.1, 0.15) is 6.61 Å². The van der Waals surface area contributed by atoms with Crippen molar-refractivity contribution in [2.75, 3.05) is 26.9 Å². The van der Waals surface area contributed by atoms with E-state index in [1.54, 1.807) is 30.2 Å². The number of carbonyl (C=O) groups is 1. The molecule has 23 heavy (non-hydrogen) atoms. The molecular weight excluding hydrogens is 292 g/mol. The molecule has 1 saturated heterocycles. The Balaban J connectivity index is 1.77. The fraction of sp³-hybridized carbons (Fsp3) is 0.278. The van der Waals surface area contributed by atoms with Crippen molar-refractivity contribution in [2.45, 2.75) is 6.61 Å². The Morgan fingerprint density at radius 3 is 2.70 bits per heavy atom. The second kappa shape index (κ2) is 7.15. The predicted molar refractivity (Wildman–Crippen MR) is 87.7 cm³/mol. The highest BCUT2D eigenvalue weighted by molar-refractivity contribution is 5.95. The minimum Gasteiger partial charge on any atom is -0.493 e. The second-order valence-electron chi connectivity index (χ2n) is 5.37.